The Labute approximate surface area is 89.2 Å². The van der Waals surface area contributed by atoms with Crippen molar-refractivity contribution in [2.45, 2.75) is 59.9 Å². The smallest absolute Gasteiger partial charge is 0.0312 e. The quantitative estimate of drug-likeness (QED) is 0.615. The molecule has 1 heteroatoms. The molecule has 0 aliphatic carbocycles. The van der Waals surface area contributed by atoms with E-state index in [0.29, 0.717) is 11.0 Å². The van der Waals surface area contributed by atoms with Crippen LogP contribution in [0, 0.1) is 5.41 Å². The fourth-order valence-corrected chi connectivity index (χ4v) is 1.96. The first-order valence-electron chi connectivity index (χ1n) is 5.65. The Morgan fingerprint density at radius 2 is 1.71 bits per heavy atom. The molecule has 0 fully saturated rings. The van der Waals surface area contributed by atoms with Crippen LogP contribution in [0.15, 0.2) is 11.8 Å². The van der Waals surface area contributed by atoms with E-state index < -0.39 is 0 Å². The minimum atomic E-state index is 0.291. The van der Waals surface area contributed by atoms with E-state index in [4.69, 9.17) is 0 Å². The lowest BCUT2D eigenvalue weighted by Gasteiger charge is -2.31. The van der Waals surface area contributed by atoms with Crippen molar-refractivity contribution in [3.05, 3.63) is 11.8 Å². The average Bonchev–Trinajstić information content (AvgIpc) is 2.29. The summed E-state index contributed by atoms with van der Waals surface area (Å²) in [5.41, 5.74) is 2.34. The van der Waals surface area contributed by atoms with Gasteiger partial charge in [0.1, 0.15) is 0 Å². The summed E-state index contributed by atoms with van der Waals surface area (Å²) in [5.74, 6) is 0. The summed E-state index contributed by atoms with van der Waals surface area (Å²) in [6.07, 6.45) is 4.87. The SMILES string of the molecule is CC(C)(C)CC1=CN(C(C)(C)C)CC1. The monoisotopic (exact) mass is 195 g/mol. The van der Waals surface area contributed by atoms with Crippen molar-refractivity contribution in [2.24, 2.45) is 5.41 Å². The van der Waals surface area contributed by atoms with Gasteiger partial charge in [-0.15, -0.1) is 0 Å². The van der Waals surface area contributed by atoms with Gasteiger partial charge in [-0.05, 0) is 45.2 Å². The molecule has 82 valence electrons. The van der Waals surface area contributed by atoms with Crippen molar-refractivity contribution in [3.63, 3.8) is 0 Å². The van der Waals surface area contributed by atoms with Gasteiger partial charge in [-0.1, -0.05) is 26.3 Å². The summed E-state index contributed by atoms with van der Waals surface area (Å²) in [6.45, 7) is 15.0. The number of rotatable bonds is 1. The van der Waals surface area contributed by atoms with Gasteiger partial charge in [0, 0.05) is 12.1 Å². The van der Waals surface area contributed by atoms with Gasteiger partial charge < -0.3 is 4.90 Å². The van der Waals surface area contributed by atoms with Crippen LogP contribution in [0.1, 0.15) is 54.4 Å². The summed E-state index contributed by atoms with van der Waals surface area (Å²) in [4.78, 5) is 2.47. The first-order valence-corrected chi connectivity index (χ1v) is 5.65. The van der Waals surface area contributed by atoms with Crippen LogP contribution < -0.4 is 0 Å². The first kappa shape index (κ1) is 11.6. The second-order valence-electron chi connectivity index (χ2n) is 6.64. The molecule has 1 aliphatic heterocycles. The molecule has 1 heterocycles. The summed E-state index contributed by atoms with van der Waals surface area (Å²) in [6, 6.07) is 0. The van der Waals surface area contributed by atoms with Crippen molar-refractivity contribution in [1.82, 2.24) is 4.90 Å². The molecule has 0 unspecified atom stereocenters. The highest BCUT2D eigenvalue weighted by Crippen LogP contribution is 2.31. The molecule has 0 atom stereocenters. The van der Waals surface area contributed by atoms with Crippen molar-refractivity contribution < 1.29 is 0 Å². The Morgan fingerprint density at radius 1 is 1.14 bits per heavy atom. The third-order valence-corrected chi connectivity index (χ3v) is 2.63. The van der Waals surface area contributed by atoms with Gasteiger partial charge in [-0.25, -0.2) is 0 Å². The van der Waals surface area contributed by atoms with Crippen molar-refractivity contribution in [2.75, 3.05) is 6.54 Å². The fraction of sp³-hybridized carbons (Fsp3) is 0.846. The minimum absolute atomic E-state index is 0.291. The Balaban J connectivity index is 2.60. The van der Waals surface area contributed by atoms with Crippen molar-refractivity contribution >= 4 is 0 Å². The second-order valence-corrected chi connectivity index (χ2v) is 6.64. The molecule has 0 saturated heterocycles. The number of hydrogen-bond donors (Lipinski definition) is 0. The number of nitrogens with zero attached hydrogens (tertiary/aromatic N) is 1. The van der Waals surface area contributed by atoms with E-state index in [1.54, 1.807) is 5.57 Å². The van der Waals surface area contributed by atoms with Crippen LogP contribution in [0.2, 0.25) is 0 Å². The van der Waals surface area contributed by atoms with E-state index in [-0.39, 0.29) is 0 Å². The van der Waals surface area contributed by atoms with E-state index in [1.165, 1.54) is 19.4 Å². The summed E-state index contributed by atoms with van der Waals surface area (Å²) >= 11 is 0. The summed E-state index contributed by atoms with van der Waals surface area (Å²) in [7, 11) is 0. The topological polar surface area (TPSA) is 3.24 Å². The zero-order valence-corrected chi connectivity index (χ0v) is 10.6. The average molecular weight is 195 g/mol. The molecule has 0 saturated carbocycles. The molecule has 0 radical (unpaired) electrons. The third-order valence-electron chi connectivity index (χ3n) is 2.63. The molecule has 0 aromatic heterocycles. The molecule has 0 spiro atoms. The number of hydrogen-bond acceptors (Lipinski definition) is 1. The molecule has 0 aromatic rings. The highest BCUT2D eigenvalue weighted by molar-refractivity contribution is 5.11. The Kier molecular flexibility index (Phi) is 2.99. The lowest BCUT2D eigenvalue weighted by molar-refractivity contribution is 0.222. The van der Waals surface area contributed by atoms with Gasteiger partial charge in [-0.2, -0.15) is 0 Å². The summed E-state index contributed by atoms with van der Waals surface area (Å²) < 4.78 is 0. The van der Waals surface area contributed by atoms with Crippen molar-refractivity contribution in [3.8, 4) is 0 Å². The minimum Gasteiger partial charge on any atom is -0.372 e. The van der Waals surface area contributed by atoms with Gasteiger partial charge in [-0.3, -0.25) is 0 Å². The maximum absolute atomic E-state index is 2.47. The van der Waals surface area contributed by atoms with E-state index in [2.05, 4.69) is 52.6 Å². The molecule has 1 nitrogen and oxygen atoms in total. The van der Waals surface area contributed by atoms with Gasteiger partial charge in [0.25, 0.3) is 0 Å². The highest BCUT2D eigenvalue weighted by Gasteiger charge is 2.24. The van der Waals surface area contributed by atoms with Crippen LogP contribution in [0.3, 0.4) is 0 Å². The van der Waals surface area contributed by atoms with Crippen LogP contribution in [0.4, 0.5) is 0 Å². The van der Waals surface area contributed by atoms with Gasteiger partial charge in [0.2, 0.25) is 0 Å². The predicted octanol–water partition coefficient (Wildman–Crippen LogP) is 3.81. The lowest BCUT2D eigenvalue weighted by atomic mass is 9.88. The normalized spacial score (nSPS) is 18.7. The second kappa shape index (κ2) is 3.60. The van der Waals surface area contributed by atoms with E-state index in [9.17, 15) is 0 Å². The van der Waals surface area contributed by atoms with Crippen molar-refractivity contribution in [1.29, 1.82) is 0 Å². The van der Waals surface area contributed by atoms with Crippen LogP contribution >= 0.6 is 0 Å². The molecule has 14 heavy (non-hydrogen) atoms. The molecule has 0 bridgehead atoms. The van der Waals surface area contributed by atoms with Crippen LogP contribution in [0.25, 0.3) is 0 Å². The molecule has 1 rings (SSSR count). The standard InChI is InChI=1S/C13H25N/c1-12(2,3)9-11-7-8-14(10-11)13(4,5)6/h10H,7-9H2,1-6H3. The van der Waals surface area contributed by atoms with E-state index >= 15 is 0 Å². The molecule has 1 aliphatic rings. The maximum atomic E-state index is 2.47. The van der Waals surface area contributed by atoms with Crippen LogP contribution in [0.5, 0.6) is 0 Å². The van der Waals surface area contributed by atoms with Crippen LogP contribution in [-0.2, 0) is 0 Å². The highest BCUT2D eigenvalue weighted by atomic mass is 15.2. The zero-order valence-electron chi connectivity index (χ0n) is 10.6. The third kappa shape index (κ3) is 3.36. The molecule has 0 N–H and O–H groups in total. The zero-order chi connectivity index (χ0) is 11.0. The van der Waals surface area contributed by atoms with Gasteiger partial charge in [0.05, 0.1) is 0 Å². The Bertz CT molecular complexity index is 225. The van der Waals surface area contributed by atoms with Gasteiger partial charge in [0.15, 0.2) is 0 Å². The lowest BCUT2D eigenvalue weighted by Crippen LogP contribution is -2.35. The molecule has 0 amide bonds. The van der Waals surface area contributed by atoms with Crippen LogP contribution in [-0.4, -0.2) is 17.0 Å². The molecule has 0 aromatic carbocycles. The molecular formula is C13H25N. The Morgan fingerprint density at radius 3 is 2.07 bits per heavy atom. The van der Waals surface area contributed by atoms with E-state index in [0.717, 1.165) is 0 Å². The molecular weight excluding hydrogens is 170 g/mol. The fourth-order valence-electron chi connectivity index (χ4n) is 1.96. The first-order chi connectivity index (χ1) is 6.18. The predicted molar refractivity (Wildman–Crippen MR) is 63.2 cm³/mol. The van der Waals surface area contributed by atoms with Gasteiger partial charge >= 0.3 is 0 Å². The van der Waals surface area contributed by atoms with E-state index in [1.807, 2.05) is 0 Å². The summed E-state index contributed by atoms with van der Waals surface area (Å²) in [5, 5.41) is 0. The Hall–Kier alpha value is -0.460. The maximum Gasteiger partial charge on any atom is 0.0312 e. The largest absolute Gasteiger partial charge is 0.372 e.